The molecule has 1 aliphatic rings. The molecule has 0 spiro atoms. The third kappa shape index (κ3) is 9.04. The number of pyridine rings is 1. The quantitative estimate of drug-likeness (QED) is 0.153. The number of likely N-dealkylation sites (N-methyl/N-ethyl adjacent to an activating group) is 1. The Kier molecular flexibility index (Phi) is 11.5. The highest BCUT2D eigenvalue weighted by molar-refractivity contribution is 7.88. The van der Waals surface area contributed by atoms with E-state index in [9.17, 15) is 43.9 Å². The number of anilines is 2. The van der Waals surface area contributed by atoms with E-state index < -0.39 is 62.2 Å². The fourth-order valence-electron chi connectivity index (χ4n) is 6.43. The number of amides is 1. The molecule has 54 heavy (non-hydrogen) atoms. The number of rotatable bonds is 10. The maximum Gasteiger partial charge on any atom is 0.416 e. The van der Waals surface area contributed by atoms with Crippen molar-refractivity contribution in [1.82, 2.24) is 9.29 Å². The van der Waals surface area contributed by atoms with Gasteiger partial charge in [-0.1, -0.05) is 36.4 Å². The number of aromatic nitrogens is 1. The maximum absolute atomic E-state index is 14.3. The molecule has 0 aliphatic carbocycles. The van der Waals surface area contributed by atoms with Crippen molar-refractivity contribution in [3.8, 4) is 11.1 Å². The number of carbonyl (C=O) groups excluding carboxylic acids is 1. The standard InChI is InChI=1S/C38H39F7N4O4S/c1-24-15-29(39)11-12-31(24)32-19-34(49-14-13-48(54(5,51)52)21-30(49)23-53-22-25-9-7-6-8-10-25)46-20-33(32)47(4)35(50)36(2,3)26-16-27(37(40,41)42)18-28(17-26)38(43,44)45/h6-12,15-20,30H,13-14,21-23H2,1-5H3/t30-/m0/s1. The molecule has 1 amide bonds. The lowest BCUT2D eigenvalue weighted by molar-refractivity contribution is -0.143. The van der Waals surface area contributed by atoms with Crippen molar-refractivity contribution in [2.24, 2.45) is 0 Å². The first-order chi connectivity index (χ1) is 25.1. The average molecular weight is 781 g/mol. The molecule has 0 radical (unpaired) electrons. The van der Waals surface area contributed by atoms with Gasteiger partial charge in [0.1, 0.15) is 11.6 Å². The van der Waals surface area contributed by atoms with Gasteiger partial charge in [0, 0.05) is 32.2 Å². The zero-order chi connectivity index (χ0) is 39.8. The van der Waals surface area contributed by atoms with Crippen molar-refractivity contribution in [2.45, 2.75) is 51.2 Å². The van der Waals surface area contributed by atoms with Crippen LogP contribution < -0.4 is 9.80 Å². The van der Waals surface area contributed by atoms with Gasteiger partial charge in [-0.15, -0.1) is 0 Å². The van der Waals surface area contributed by atoms with E-state index in [2.05, 4.69) is 4.98 Å². The number of hydrogen-bond donors (Lipinski definition) is 0. The van der Waals surface area contributed by atoms with Crippen molar-refractivity contribution in [3.63, 3.8) is 0 Å². The van der Waals surface area contributed by atoms with E-state index >= 15 is 0 Å². The van der Waals surface area contributed by atoms with Gasteiger partial charge in [-0.2, -0.15) is 30.6 Å². The largest absolute Gasteiger partial charge is 0.416 e. The first-order valence-electron chi connectivity index (χ1n) is 16.8. The highest BCUT2D eigenvalue weighted by Crippen LogP contribution is 2.41. The Morgan fingerprint density at radius 3 is 2.07 bits per heavy atom. The summed E-state index contributed by atoms with van der Waals surface area (Å²) in [7, 11) is -2.24. The minimum Gasteiger partial charge on any atom is -0.375 e. The molecular weight excluding hydrogens is 741 g/mol. The van der Waals surface area contributed by atoms with E-state index in [-0.39, 0.29) is 44.6 Å². The van der Waals surface area contributed by atoms with E-state index in [1.54, 1.807) is 13.0 Å². The number of aryl methyl sites for hydroxylation is 1. The number of benzene rings is 3. The number of ether oxygens (including phenoxy) is 1. The number of piperazine rings is 1. The van der Waals surface area contributed by atoms with Gasteiger partial charge in [-0.3, -0.25) is 4.79 Å². The smallest absolute Gasteiger partial charge is 0.375 e. The Morgan fingerprint density at radius 2 is 1.50 bits per heavy atom. The van der Waals surface area contributed by atoms with E-state index in [1.165, 1.54) is 49.6 Å². The third-order valence-corrected chi connectivity index (χ3v) is 10.8. The Hall–Kier alpha value is -4.54. The van der Waals surface area contributed by atoms with Crippen LogP contribution in [0.5, 0.6) is 0 Å². The van der Waals surface area contributed by atoms with Gasteiger partial charge in [-0.25, -0.2) is 17.8 Å². The molecule has 1 saturated heterocycles. The average Bonchev–Trinajstić information content (AvgIpc) is 3.10. The molecule has 3 aromatic carbocycles. The van der Waals surface area contributed by atoms with Crippen LogP contribution in [0.3, 0.4) is 0 Å². The fraction of sp³-hybridized carbons (Fsp3) is 0.368. The van der Waals surface area contributed by atoms with E-state index in [4.69, 9.17) is 4.74 Å². The highest BCUT2D eigenvalue weighted by Gasteiger charge is 2.42. The summed E-state index contributed by atoms with van der Waals surface area (Å²) >= 11 is 0. The Balaban J connectivity index is 1.56. The van der Waals surface area contributed by atoms with Gasteiger partial charge < -0.3 is 14.5 Å². The maximum atomic E-state index is 14.3. The van der Waals surface area contributed by atoms with E-state index in [0.717, 1.165) is 16.7 Å². The summed E-state index contributed by atoms with van der Waals surface area (Å²) < 4.78 is 129. The molecule has 0 saturated carbocycles. The van der Waals surface area contributed by atoms with Gasteiger partial charge in [0.25, 0.3) is 0 Å². The topological polar surface area (TPSA) is 83.1 Å². The van der Waals surface area contributed by atoms with Crippen LogP contribution in [0.25, 0.3) is 11.1 Å². The molecule has 1 aromatic heterocycles. The number of sulfonamides is 1. The van der Waals surface area contributed by atoms with Crippen molar-refractivity contribution < 1.29 is 48.7 Å². The number of carbonyl (C=O) groups is 1. The molecule has 290 valence electrons. The second-order valence-corrected chi connectivity index (χ2v) is 15.8. The van der Waals surface area contributed by atoms with Crippen LogP contribution in [0.4, 0.5) is 42.2 Å². The van der Waals surface area contributed by atoms with Crippen LogP contribution in [0.15, 0.2) is 79.0 Å². The van der Waals surface area contributed by atoms with Gasteiger partial charge in [-0.05, 0) is 79.4 Å². The first-order valence-corrected chi connectivity index (χ1v) is 18.6. The van der Waals surface area contributed by atoms with Crippen LogP contribution in [-0.2, 0) is 43.9 Å². The van der Waals surface area contributed by atoms with Crippen LogP contribution >= 0.6 is 0 Å². The molecule has 0 N–H and O–H groups in total. The van der Waals surface area contributed by atoms with Crippen molar-refractivity contribution in [1.29, 1.82) is 0 Å². The lowest BCUT2D eigenvalue weighted by atomic mass is 9.81. The molecule has 1 atom stereocenters. The molecule has 0 bridgehead atoms. The summed E-state index contributed by atoms with van der Waals surface area (Å²) in [4.78, 5) is 21.8. The van der Waals surface area contributed by atoms with Crippen LogP contribution in [0, 0.1) is 12.7 Å². The predicted octanol–water partition coefficient (Wildman–Crippen LogP) is 7.84. The molecule has 1 fully saturated rings. The summed E-state index contributed by atoms with van der Waals surface area (Å²) in [6.45, 7) is 4.88. The number of alkyl halides is 6. The fourth-order valence-corrected chi connectivity index (χ4v) is 7.29. The summed E-state index contributed by atoms with van der Waals surface area (Å²) in [5.74, 6) is -1.01. The molecule has 0 unspecified atom stereocenters. The summed E-state index contributed by atoms with van der Waals surface area (Å²) in [5, 5.41) is 0. The van der Waals surface area contributed by atoms with Crippen molar-refractivity contribution in [3.05, 3.63) is 113 Å². The lowest BCUT2D eigenvalue weighted by Crippen LogP contribution is -2.56. The molecule has 5 rings (SSSR count). The normalized spacial score (nSPS) is 16.1. The van der Waals surface area contributed by atoms with Crippen LogP contribution in [0.1, 0.15) is 41.7 Å². The SMILES string of the molecule is Cc1cc(F)ccc1-c1cc(N2CCN(S(C)(=O)=O)C[C@H]2COCc2ccccc2)ncc1N(C)C(=O)C(C)(C)c1cc(C(F)(F)F)cc(C(F)(F)F)c1. The summed E-state index contributed by atoms with van der Waals surface area (Å²) in [6.07, 6.45) is -7.78. The van der Waals surface area contributed by atoms with E-state index in [0.29, 0.717) is 34.6 Å². The van der Waals surface area contributed by atoms with Crippen molar-refractivity contribution >= 4 is 27.4 Å². The molecule has 2 heterocycles. The minimum absolute atomic E-state index is 0.00154. The molecular formula is C38H39F7N4O4S. The number of hydrogen-bond acceptors (Lipinski definition) is 6. The number of halogens is 7. The van der Waals surface area contributed by atoms with Gasteiger partial charge >= 0.3 is 12.4 Å². The zero-order valence-electron chi connectivity index (χ0n) is 30.1. The lowest BCUT2D eigenvalue weighted by Gasteiger charge is -2.41. The second kappa shape index (κ2) is 15.3. The number of nitrogens with zero attached hydrogens (tertiary/aromatic N) is 4. The molecule has 4 aromatic rings. The van der Waals surface area contributed by atoms with Crippen LogP contribution in [-0.4, -0.2) is 69.2 Å². The molecule has 8 nitrogen and oxygen atoms in total. The predicted molar refractivity (Wildman–Crippen MR) is 191 cm³/mol. The van der Waals surface area contributed by atoms with Crippen molar-refractivity contribution in [2.75, 3.05) is 49.3 Å². The molecule has 1 aliphatic heterocycles. The molecule has 16 heteroatoms. The second-order valence-electron chi connectivity index (χ2n) is 13.8. The van der Waals surface area contributed by atoms with E-state index in [1.807, 2.05) is 35.2 Å². The summed E-state index contributed by atoms with van der Waals surface area (Å²) in [6, 6.07) is 15.5. The van der Waals surface area contributed by atoms with Gasteiger partial charge in [0.15, 0.2) is 0 Å². The zero-order valence-corrected chi connectivity index (χ0v) is 30.9. The first kappa shape index (κ1) is 40.6. The highest BCUT2D eigenvalue weighted by atomic mass is 32.2. The third-order valence-electron chi connectivity index (χ3n) is 9.49. The van der Waals surface area contributed by atoms with Gasteiger partial charge in [0.2, 0.25) is 15.9 Å². The van der Waals surface area contributed by atoms with Crippen LogP contribution in [0.2, 0.25) is 0 Å². The Bertz CT molecular complexity index is 2080. The van der Waals surface area contributed by atoms with Gasteiger partial charge in [0.05, 0.1) is 53.9 Å². The Morgan fingerprint density at radius 1 is 0.889 bits per heavy atom. The summed E-state index contributed by atoms with van der Waals surface area (Å²) in [5.41, 5.74) is -3.18. The Labute approximate surface area is 309 Å². The monoisotopic (exact) mass is 780 g/mol. The minimum atomic E-state index is -5.12.